The van der Waals surface area contributed by atoms with Crippen molar-refractivity contribution in [3.05, 3.63) is 29.8 Å². The zero-order chi connectivity index (χ0) is 19.7. The first kappa shape index (κ1) is 22.2. The molecule has 27 heavy (non-hydrogen) atoms. The van der Waals surface area contributed by atoms with E-state index in [0.29, 0.717) is 0 Å². The molecule has 1 fully saturated rings. The minimum absolute atomic E-state index is 0.0914. The van der Waals surface area contributed by atoms with Crippen molar-refractivity contribution in [3.8, 4) is 0 Å². The fourth-order valence-corrected chi connectivity index (χ4v) is 3.34. The van der Waals surface area contributed by atoms with Crippen LogP contribution < -0.4 is 10.2 Å². The third-order valence-corrected chi connectivity index (χ3v) is 5.52. The van der Waals surface area contributed by atoms with Crippen molar-refractivity contribution in [3.63, 3.8) is 0 Å². The number of benzene rings is 1. The molecule has 1 heterocycles. The largest absolute Gasteiger partial charge is 0.381 e. The predicted octanol–water partition coefficient (Wildman–Crippen LogP) is 4.15. The van der Waals surface area contributed by atoms with Gasteiger partial charge >= 0.3 is 0 Å². The molecule has 4 heteroatoms. The Morgan fingerprint density at radius 3 is 2.33 bits per heavy atom. The Balaban J connectivity index is 1.67. The summed E-state index contributed by atoms with van der Waals surface area (Å²) in [6, 6.07) is 9.07. The fraction of sp³-hybridized carbons (Fsp3) is 0.739. The van der Waals surface area contributed by atoms with Crippen LogP contribution in [0.3, 0.4) is 0 Å². The highest BCUT2D eigenvalue weighted by atomic mass is 16.5. The normalized spacial score (nSPS) is 16.3. The van der Waals surface area contributed by atoms with Crippen LogP contribution in [0.25, 0.3) is 0 Å². The van der Waals surface area contributed by atoms with E-state index >= 15 is 0 Å². The van der Waals surface area contributed by atoms with Gasteiger partial charge in [-0.25, -0.2) is 0 Å². The smallest absolute Gasteiger partial charge is 0.0483 e. The maximum atomic E-state index is 5.81. The Morgan fingerprint density at radius 2 is 1.70 bits per heavy atom. The van der Waals surface area contributed by atoms with Crippen LogP contribution in [0.5, 0.6) is 0 Å². The SMILES string of the molecule is CC(C)CCCOCCC(C)(C)NCc1ccc(N2CCN(C)CC2)cc1. The third-order valence-electron chi connectivity index (χ3n) is 5.52. The van der Waals surface area contributed by atoms with Crippen LogP contribution in [0, 0.1) is 5.92 Å². The molecule has 0 atom stereocenters. The number of nitrogens with zero attached hydrogens (tertiary/aromatic N) is 2. The van der Waals surface area contributed by atoms with Crippen molar-refractivity contribution in [2.24, 2.45) is 5.92 Å². The van der Waals surface area contributed by atoms with E-state index in [2.05, 4.69) is 74.1 Å². The molecule has 0 aliphatic carbocycles. The second-order valence-corrected chi connectivity index (χ2v) is 9.09. The summed E-state index contributed by atoms with van der Waals surface area (Å²) in [6.45, 7) is 16.2. The van der Waals surface area contributed by atoms with Gasteiger partial charge in [0.25, 0.3) is 0 Å². The van der Waals surface area contributed by atoms with Gasteiger partial charge < -0.3 is 19.9 Å². The summed E-state index contributed by atoms with van der Waals surface area (Å²) in [5, 5.41) is 3.69. The highest BCUT2D eigenvalue weighted by Gasteiger charge is 2.17. The molecule has 0 radical (unpaired) electrons. The van der Waals surface area contributed by atoms with Crippen LogP contribution in [0.1, 0.15) is 52.5 Å². The van der Waals surface area contributed by atoms with Gasteiger partial charge in [-0.2, -0.15) is 0 Å². The van der Waals surface area contributed by atoms with E-state index in [-0.39, 0.29) is 5.54 Å². The monoisotopic (exact) mass is 375 g/mol. The Bertz CT molecular complexity index is 519. The van der Waals surface area contributed by atoms with Crippen LogP contribution in [-0.2, 0) is 11.3 Å². The van der Waals surface area contributed by atoms with Gasteiger partial charge in [-0.05, 0) is 63.8 Å². The first-order valence-electron chi connectivity index (χ1n) is 10.7. The van der Waals surface area contributed by atoms with Gasteiger partial charge in [-0.15, -0.1) is 0 Å². The van der Waals surface area contributed by atoms with Crippen molar-refractivity contribution in [1.82, 2.24) is 10.2 Å². The molecule has 1 aliphatic rings. The molecule has 4 nitrogen and oxygen atoms in total. The maximum Gasteiger partial charge on any atom is 0.0483 e. The topological polar surface area (TPSA) is 27.7 Å². The lowest BCUT2D eigenvalue weighted by molar-refractivity contribution is 0.107. The minimum Gasteiger partial charge on any atom is -0.381 e. The Hall–Kier alpha value is -1.10. The molecule has 0 amide bonds. The van der Waals surface area contributed by atoms with E-state index < -0.39 is 0 Å². The molecule has 1 aromatic rings. The predicted molar refractivity (Wildman–Crippen MR) is 117 cm³/mol. The summed E-state index contributed by atoms with van der Waals surface area (Å²) in [5.41, 5.74) is 2.79. The van der Waals surface area contributed by atoms with Crippen LogP contribution in [0.2, 0.25) is 0 Å². The van der Waals surface area contributed by atoms with E-state index in [1.807, 2.05) is 0 Å². The number of anilines is 1. The van der Waals surface area contributed by atoms with Crippen LogP contribution >= 0.6 is 0 Å². The minimum atomic E-state index is 0.0914. The lowest BCUT2D eigenvalue weighted by Gasteiger charge is -2.34. The number of piperazine rings is 1. The van der Waals surface area contributed by atoms with Gasteiger partial charge in [0, 0.05) is 57.2 Å². The Kier molecular flexibility index (Phi) is 9.07. The van der Waals surface area contributed by atoms with Crippen molar-refractivity contribution in [1.29, 1.82) is 0 Å². The second kappa shape index (κ2) is 11.0. The summed E-state index contributed by atoms with van der Waals surface area (Å²) < 4.78 is 5.81. The van der Waals surface area contributed by atoms with E-state index in [9.17, 15) is 0 Å². The molecule has 0 unspecified atom stereocenters. The van der Waals surface area contributed by atoms with Crippen molar-refractivity contribution < 1.29 is 4.74 Å². The summed E-state index contributed by atoms with van der Waals surface area (Å²) in [7, 11) is 2.20. The number of hydrogen-bond donors (Lipinski definition) is 1. The Labute approximate surface area is 167 Å². The molecule has 0 spiro atoms. The molecule has 0 saturated carbocycles. The number of ether oxygens (including phenoxy) is 1. The summed E-state index contributed by atoms with van der Waals surface area (Å²) in [4.78, 5) is 4.88. The van der Waals surface area contributed by atoms with Gasteiger partial charge in [0.05, 0.1) is 0 Å². The van der Waals surface area contributed by atoms with E-state index in [4.69, 9.17) is 4.74 Å². The van der Waals surface area contributed by atoms with Crippen molar-refractivity contribution in [2.45, 2.75) is 59.0 Å². The molecule has 2 rings (SSSR count). The van der Waals surface area contributed by atoms with Gasteiger partial charge in [0.2, 0.25) is 0 Å². The average molecular weight is 376 g/mol. The second-order valence-electron chi connectivity index (χ2n) is 9.09. The number of hydrogen-bond acceptors (Lipinski definition) is 4. The van der Waals surface area contributed by atoms with Gasteiger partial charge in [0.1, 0.15) is 0 Å². The molecule has 1 aliphatic heterocycles. The van der Waals surface area contributed by atoms with Crippen LogP contribution in [-0.4, -0.2) is 56.9 Å². The molecule has 0 aromatic heterocycles. The van der Waals surface area contributed by atoms with Gasteiger partial charge in [-0.3, -0.25) is 0 Å². The van der Waals surface area contributed by atoms with Crippen LogP contribution in [0.15, 0.2) is 24.3 Å². The third kappa shape index (κ3) is 8.63. The molecular weight excluding hydrogens is 334 g/mol. The Morgan fingerprint density at radius 1 is 1.04 bits per heavy atom. The molecule has 0 bridgehead atoms. The lowest BCUT2D eigenvalue weighted by atomic mass is 10.0. The molecular formula is C23H41N3O. The van der Waals surface area contributed by atoms with Crippen molar-refractivity contribution in [2.75, 3.05) is 51.3 Å². The molecule has 1 N–H and O–H groups in total. The van der Waals surface area contributed by atoms with E-state index in [1.54, 1.807) is 0 Å². The van der Waals surface area contributed by atoms with Crippen LogP contribution in [0.4, 0.5) is 5.69 Å². The summed E-state index contributed by atoms with van der Waals surface area (Å²) >= 11 is 0. The van der Waals surface area contributed by atoms with Gasteiger partial charge in [0.15, 0.2) is 0 Å². The first-order valence-corrected chi connectivity index (χ1v) is 10.7. The zero-order valence-corrected chi connectivity index (χ0v) is 18.3. The summed E-state index contributed by atoms with van der Waals surface area (Å²) in [5.74, 6) is 0.773. The molecule has 1 aromatic carbocycles. The standard InChI is InChI=1S/C23H41N3O/c1-20(2)7-6-17-27-18-12-23(3,4)24-19-21-8-10-22(11-9-21)26-15-13-25(5)14-16-26/h8-11,20,24H,6-7,12-19H2,1-5H3. The molecule has 1 saturated heterocycles. The average Bonchev–Trinajstić information content (AvgIpc) is 2.64. The maximum absolute atomic E-state index is 5.81. The number of nitrogens with one attached hydrogen (secondary N) is 1. The zero-order valence-electron chi connectivity index (χ0n) is 18.3. The van der Waals surface area contributed by atoms with Gasteiger partial charge in [-0.1, -0.05) is 26.0 Å². The van der Waals surface area contributed by atoms with E-state index in [0.717, 1.165) is 58.3 Å². The van der Waals surface area contributed by atoms with Crippen molar-refractivity contribution >= 4 is 5.69 Å². The quantitative estimate of drug-likeness (QED) is 0.588. The highest BCUT2D eigenvalue weighted by molar-refractivity contribution is 5.48. The first-order chi connectivity index (χ1) is 12.9. The molecule has 154 valence electrons. The van der Waals surface area contributed by atoms with E-state index in [1.165, 1.54) is 24.1 Å². The number of rotatable bonds is 11. The summed E-state index contributed by atoms with van der Waals surface area (Å²) in [6.07, 6.45) is 3.46. The number of likely N-dealkylation sites (N-methyl/N-ethyl adjacent to an activating group) is 1. The lowest BCUT2D eigenvalue weighted by Crippen LogP contribution is -2.44. The fourth-order valence-electron chi connectivity index (χ4n) is 3.34. The highest BCUT2D eigenvalue weighted by Crippen LogP contribution is 2.18.